The van der Waals surface area contributed by atoms with Gasteiger partial charge in [-0.3, -0.25) is 4.90 Å². The first kappa shape index (κ1) is 15.4. The van der Waals surface area contributed by atoms with Crippen LogP contribution in [0, 0.1) is 5.92 Å². The lowest BCUT2D eigenvalue weighted by molar-refractivity contribution is 0.151. The fraction of sp³-hybridized carbons (Fsp3) is 0.647. The van der Waals surface area contributed by atoms with Gasteiger partial charge < -0.3 is 10.8 Å². The number of anilines is 1. The maximum absolute atomic E-state index is 10.4. The van der Waals surface area contributed by atoms with Crippen LogP contribution in [-0.4, -0.2) is 56.7 Å². The van der Waals surface area contributed by atoms with Gasteiger partial charge in [-0.1, -0.05) is 12.5 Å². The zero-order valence-electron chi connectivity index (χ0n) is 13.3. The van der Waals surface area contributed by atoms with E-state index >= 15 is 0 Å². The number of hydrogen-bond donors (Lipinski definition) is 2. The van der Waals surface area contributed by atoms with Crippen LogP contribution >= 0.6 is 11.8 Å². The molecule has 1 aliphatic heterocycles. The fourth-order valence-electron chi connectivity index (χ4n) is 3.64. The van der Waals surface area contributed by atoms with Crippen molar-refractivity contribution < 1.29 is 5.11 Å². The highest BCUT2D eigenvalue weighted by atomic mass is 32.2. The van der Waals surface area contributed by atoms with E-state index in [2.05, 4.69) is 32.7 Å². The van der Waals surface area contributed by atoms with Crippen molar-refractivity contribution in [3.63, 3.8) is 0 Å². The van der Waals surface area contributed by atoms with Crippen LogP contribution in [-0.2, 0) is 6.42 Å². The molecule has 6 heteroatoms. The Morgan fingerprint density at radius 2 is 2.17 bits per heavy atom. The summed E-state index contributed by atoms with van der Waals surface area (Å²) in [5.41, 5.74) is 9.22. The van der Waals surface area contributed by atoms with Crippen molar-refractivity contribution >= 4 is 23.2 Å². The Balaban J connectivity index is 1.35. The van der Waals surface area contributed by atoms with Gasteiger partial charge in [0.05, 0.1) is 11.8 Å². The highest BCUT2D eigenvalue weighted by Gasteiger charge is 2.33. The number of allylic oxidation sites excluding steroid dienone is 1. The summed E-state index contributed by atoms with van der Waals surface area (Å²) < 4.78 is 0. The Hall–Kier alpha value is -1.11. The predicted octanol–water partition coefficient (Wildman–Crippen LogP) is 1.58. The number of likely N-dealkylation sites (tertiary alicyclic amines) is 1. The molecule has 0 spiro atoms. The summed E-state index contributed by atoms with van der Waals surface area (Å²) in [4.78, 5) is 10.8. The summed E-state index contributed by atoms with van der Waals surface area (Å²) in [6.45, 7) is 2.60. The maximum atomic E-state index is 10.4. The summed E-state index contributed by atoms with van der Waals surface area (Å²) in [7, 11) is 0. The second kappa shape index (κ2) is 6.42. The lowest BCUT2D eigenvalue weighted by atomic mass is 10.00. The van der Waals surface area contributed by atoms with Crippen LogP contribution in [0.25, 0.3) is 5.57 Å². The number of hydrogen-bond acceptors (Lipinski definition) is 6. The molecule has 1 aromatic rings. The molecule has 23 heavy (non-hydrogen) atoms. The molecule has 2 aliphatic carbocycles. The number of nitrogens with zero attached hydrogens (tertiary/aromatic N) is 3. The first-order chi connectivity index (χ1) is 11.2. The SMILES string of the molecule is Nc1ncnc2c1CC=C2CN1CC(O)[C@@H](CSC2CCC2)C1. The Morgan fingerprint density at radius 3 is 2.96 bits per heavy atom. The van der Waals surface area contributed by atoms with Crippen LogP contribution in [0.4, 0.5) is 5.82 Å². The van der Waals surface area contributed by atoms with Crippen molar-refractivity contribution in [3.05, 3.63) is 23.7 Å². The first-order valence-electron chi connectivity index (χ1n) is 8.51. The van der Waals surface area contributed by atoms with Gasteiger partial charge in [0, 0.05) is 42.1 Å². The van der Waals surface area contributed by atoms with Crippen molar-refractivity contribution in [3.8, 4) is 0 Å². The van der Waals surface area contributed by atoms with Gasteiger partial charge >= 0.3 is 0 Å². The first-order valence-corrected chi connectivity index (χ1v) is 9.56. The van der Waals surface area contributed by atoms with Gasteiger partial charge in [-0.15, -0.1) is 0 Å². The number of aromatic nitrogens is 2. The van der Waals surface area contributed by atoms with E-state index in [1.165, 1.54) is 24.8 Å². The number of aliphatic hydroxyl groups excluding tert-OH is 1. The third-order valence-corrected chi connectivity index (χ3v) is 6.87. The smallest absolute Gasteiger partial charge is 0.130 e. The molecule has 2 heterocycles. The molecule has 0 radical (unpaired) electrons. The molecular formula is C17H24N4OS. The van der Waals surface area contributed by atoms with E-state index < -0.39 is 0 Å². The fourth-order valence-corrected chi connectivity index (χ4v) is 5.15. The van der Waals surface area contributed by atoms with Gasteiger partial charge in [0.1, 0.15) is 12.1 Å². The minimum absolute atomic E-state index is 0.195. The second-order valence-corrected chi connectivity index (χ2v) is 8.26. The van der Waals surface area contributed by atoms with Crippen LogP contribution in [0.2, 0.25) is 0 Å². The molecule has 1 saturated heterocycles. The van der Waals surface area contributed by atoms with Gasteiger partial charge in [0.15, 0.2) is 0 Å². The summed E-state index contributed by atoms with van der Waals surface area (Å²) in [6, 6.07) is 0. The molecule has 4 rings (SSSR count). The average molecular weight is 332 g/mol. The number of β-amino-alcohol motifs (C(OH)–C–C–N with tert-alkyl or cyclic N) is 1. The highest BCUT2D eigenvalue weighted by Crippen LogP contribution is 2.35. The van der Waals surface area contributed by atoms with E-state index in [-0.39, 0.29) is 6.10 Å². The number of thioether (sulfide) groups is 1. The van der Waals surface area contributed by atoms with Crippen LogP contribution in [0.5, 0.6) is 0 Å². The van der Waals surface area contributed by atoms with Crippen molar-refractivity contribution in [1.82, 2.24) is 14.9 Å². The van der Waals surface area contributed by atoms with Crippen LogP contribution < -0.4 is 5.73 Å². The number of aliphatic hydroxyl groups is 1. The van der Waals surface area contributed by atoms with Crippen molar-refractivity contribution in [2.24, 2.45) is 5.92 Å². The lowest BCUT2D eigenvalue weighted by Crippen LogP contribution is -2.24. The van der Waals surface area contributed by atoms with Gasteiger partial charge in [0.2, 0.25) is 0 Å². The Morgan fingerprint density at radius 1 is 1.30 bits per heavy atom. The van der Waals surface area contributed by atoms with Gasteiger partial charge in [-0.25, -0.2) is 9.97 Å². The van der Waals surface area contributed by atoms with Crippen molar-refractivity contribution in [2.45, 2.75) is 37.0 Å². The number of nitrogen functional groups attached to an aromatic ring is 1. The van der Waals surface area contributed by atoms with Crippen LogP contribution in [0.3, 0.4) is 0 Å². The third-order valence-electron chi connectivity index (χ3n) is 5.31. The van der Waals surface area contributed by atoms with Crippen LogP contribution in [0.15, 0.2) is 12.4 Å². The molecule has 1 aromatic heterocycles. The largest absolute Gasteiger partial charge is 0.391 e. The third kappa shape index (κ3) is 3.12. The van der Waals surface area contributed by atoms with Gasteiger partial charge in [-0.2, -0.15) is 11.8 Å². The maximum Gasteiger partial charge on any atom is 0.130 e. The summed E-state index contributed by atoms with van der Waals surface area (Å²) in [5.74, 6) is 2.09. The van der Waals surface area contributed by atoms with E-state index in [1.54, 1.807) is 6.33 Å². The molecule has 0 aromatic carbocycles. The van der Waals surface area contributed by atoms with E-state index in [1.807, 2.05) is 0 Å². The zero-order valence-corrected chi connectivity index (χ0v) is 14.1. The molecular weight excluding hydrogens is 308 g/mol. The molecule has 0 amide bonds. The van der Waals surface area contributed by atoms with Crippen molar-refractivity contribution in [1.29, 1.82) is 0 Å². The highest BCUT2D eigenvalue weighted by molar-refractivity contribution is 7.99. The molecule has 2 fully saturated rings. The van der Waals surface area contributed by atoms with E-state index in [4.69, 9.17) is 5.73 Å². The second-order valence-electron chi connectivity index (χ2n) is 6.93. The Labute approximate surface area is 141 Å². The topological polar surface area (TPSA) is 75.3 Å². The molecule has 5 nitrogen and oxygen atoms in total. The predicted molar refractivity (Wildman–Crippen MR) is 94.2 cm³/mol. The number of rotatable bonds is 5. The van der Waals surface area contributed by atoms with Gasteiger partial charge in [0.25, 0.3) is 0 Å². The van der Waals surface area contributed by atoms with E-state index in [0.29, 0.717) is 11.7 Å². The molecule has 0 bridgehead atoms. The summed E-state index contributed by atoms with van der Waals surface area (Å²) in [5, 5.41) is 11.2. The number of nitrogens with two attached hydrogens (primary N) is 1. The summed E-state index contributed by atoms with van der Waals surface area (Å²) >= 11 is 2.06. The Kier molecular flexibility index (Phi) is 4.30. The molecule has 124 valence electrons. The molecule has 1 unspecified atom stereocenters. The lowest BCUT2D eigenvalue weighted by Gasteiger charge is -2.26. The quantitative estimate of drug-likeness (QED) is 0.853. The standard InChI is InChI=1S/C17H24N4OS/c18-17-14-5-4-11(16(14)19-10-20-17)6-21-7-12(15(22)8-21)9-23-13-2-1-3-13/h4,10,12-13,15,22H,1-3,5-9H2,(H2,18,19,20)/t12-,15?/m1/s1. The van der Waals surface area contributed by atoms with Gasteiger partial charge in [-0.05, 0) is 24.8 Å². The molecule has 3 aliphatic rings. The Bertz CT molecular complexity index is 617. The minimum Gasteiger partial charge on any atom is -0.391 e. The van der Waals surface area contributed by atoms with E-state index in [0.717, 1.165) is 48.3 Å². The average Bonchev–Trinajstić information content (AvgIpc) is 3.03. The molecule has 3 N–H and O–H groups in total. The molecule has 2 atom stereocenters. The monoisotopic (exact) mass is 332 g/mol. The normalized spacial score (nSPS) is 27.8. The van der Waals surface area contributed by atoms with Crippen LogP contribution in [0.1, 0.15) is 30.5 Å². The molecule has 1 saturated carbocycles. The zero-order chi connectivity index (χ0) is 15.8. The number of fused-ring (bicyclic) bond motifs is 1. The van der Waals surface area contributed by atoms with Crippen molar-refractivity contribution in [2.75, 3.05) is 31.1 Å². The summed E-state index contributed by atoms with van der Waals surface area (Å²) in [6.07, 6.45) is 8.50. The minimum atomic E-state index is -0.195. The van der Waals surface area contributed by atoms with E-state index in [9.17, 15) is 5.11 Å².